The quantitative estimate of drug-likeness (QED) is 0.0190. The van der Waals surface area contributed by atoms with Crippen LogP contribution in [0.2, 0.25) is 0 Å². The van der Waals surface area contributed by atoms with Crippen molar-refractivity contribution in [1.82, 2.24) is 0 Å². The van der Waals surface area contributed by atoms with Crippen LogP contribution in [0.1, 0.15) is 155 Å². The van der Waals surface area contributed by atoms with Crippen molar-refractivity contribution in [2.24, 2.45) is 0 Å². The first-order valence-corrected chi connectivity index (χ1v) is 21.4. The molecule has 3 N–H and O–H groups in total. The highest BCUT2D eigenvalue weighted by Crippen LogP contribution is 2.36. The zero-order chi connectivity index (χ0) is 38.4. The number of phosphoric ester groups is 1. The zero-order valence-corrected chi connectivity index (χ0v) is 33.2. The number of carbonyl (C=O) groups excluding carboxylic acids is 2. The van der Waals surface area contributed by atoms with Gasteiger partial charge in [0, 0.05) is 12.8 Å². The van der Waals surface area contributed by atoms with E-state index >= 15 is 0 Å². The lowest BCUT2D eigenvalue weighted by Crippen LogP contribution is -2.29. The van der Waals surface area contributed by atoms with E-state index in [1.807, 2.05) is 36.5 Å². The van der Waals surface area contributed by atoms with E-state index in [2.05, 4.69) is 54.8 Å². The van der Waals surface area contributed by atoms with Crippen LogP contribution in [-0.2, 0) is 28.2 Å². The fraction of sp³-hybridized carbons (Fsp3) is 0.667. The molecule has 0 aliphatic carbocycles. The van der Waals surface area contributed by atoms with Crippen molar-refractivity contribution in [2.75, 3.05) is 13.2 Å². The van der Waals surface area contributed by atoms with Crippen molar-refractivity contribution in [3.63, 3.8) is 0 Å². The van der Waals surface area contributed by atoms with Gasteiger partial charge in [0.1, 0.15) is 6.61 Å². The Morgan fingerprint density at radius 3 is 1.75 bits per heavy atom. The molecule has 0 fully saturated rings. The first kappa shape index (κ1) is 49.5. The first-order valence-electron chi connectivity index (χ1n) is 19.8. The highest BCUT2D eigenvalue weighted by molar-refractivity contribution is 7.46. The predicted octanol–water partition coefficient (Wildman–Crippen LogP) is 10.9. The van der Waals surface area contributed by atoms with Gasteiger partial charge in [0.15, 0.2) is 6.10 Å². The summed E-state index contributed by atoms with van der Waals surface area (Å²) in [5.74, 6) is -0.995. The third kappa shape index (κ3) is 38.7. The average molecular weight is 751 g/mol. The van der Waals surface area contributed by atoms with E-state index in [-0.39, 0.29) is 25.6 Å². The van der Waals surface area contributed by atoms with Crippen LogP contribution in [0.3, 0.4) is 0 Å². The van der Waals surface area contributed by atoms with Crippen LogP contribution in [0.4, 0.5) is 0 Å². The third-order valence-electron chi connectivity index (χ3n) is 8.05. The summed E-state index contributed by atoms with van der Waals surface area (Å²) in [5.41, 5.74) is 0. The van der Waals surface area contributed by atoms with Crippen LogP contribution in [0.5, 0.6) is 0 Å². The molecule has 10 heteroatoms. The summed E-state index contributed by atoms with van der Waals surface area (Å²) < 4.78 is 26.3. The highest BCUT2D eigenvalue weighted by Gasteiger charge is 2.22. The molecule has 0 saturated carbocycles. The maximum absolute atomic E-state index is 12.4. The topological polar surface area (TPSA) is 140 Å². The number of aliphatic hydroxyl groups excluding tert-OH is 1. The molecule has 0 radical (unpaired) electrons. The van der Waals surface area contributed by atoms with Gasteiger partial charge >= 0.3 is 19.8 Å². The number of ether oxygens (including phenoxy) is 2. The van der Waals surface area contributed by atoms with Crippen LogP contribution >= 0.6 is 7.82 Å². The van der Waals surface area contributed by atoms with Gasteiger partial charge in [0.2, 0.25) is 0 Å². The molecule has 0 saturated heterocycles. The number of aliphatic hydroxyl groups is 1. The smallest absolute Gasteiger partial charge is 0.462 e. The lowest BCUT2D eigenvalue weighted by atomic mass is 10.1. The molecule has 9 nitrogen and oxygen atoms in total. The molecule has 52 heavy (non-hydrogen) atoms. The Morgan fingerprint density at radius 2 is 1.12 bits per heavy atom. The SMILES string of the molecule is CCCCC/C=C\C/C=C\CCCCCCCCC(=O)OC[C@H](COP(=O)(O)O)OC(=O)CCC/C=C\C/C=C\C/C=C\C=C\[C@@H](O)CCCCC. The van der Waals surface area contributed by atoms with Crippen LogP contribution in [-0.4, -0.2) is 52.3 Å². The normalized spacial score (nSPS) is 13.9. The van der Waals surface area contributed by atoms with Gasteiger partial charge in [0.25, 0.3) is 0 Å². The Hall–Kier alpha value is -2.55. The van der Waals surface area contributed by atoms with Gasteiger partial charge in [-0.15, -0.1) is 0 Å². The molecular weight excluding hydrogens is 679 g/mol. The molecule has 0 aromatic carbocycles. The minimum atomic E-state index is -4.78. The van der Waals surface area contributed by atoms with Crippen molar-refractivity contribution in [2.45, 2.75) is 167 Å². The Kier molecular flexibility index (Phi) is 35.0. The van der Waals surface area contributed by atoms with Gasteiger partial charge in [-0.25, -0.2) is 4.57 Å². The molecule has 0 heterocycles. The van der Waals surface area contributed by atoms with Crippen LogP contribution in [0, 0.1) is 0 Å². The number of carbonyl (C=O) groups is 2. The van der Waals surface area contributed by atoms with Gasteiger partial charge in [-0.2, -0.15) is 0 Å². The lowest BCUT2D eigenvalue weighted by Gasteiger charge is -2.18. The van der Waals surface area contributed by atoms with Crippen LogP contribution < -0.4 is 0 Å². The van der Waals surface area contributed by atoms with E-state index in [9.17, 15) is 19.3 Å². The van der Waals surface area contributed by atoms with E-state index in [1.165, 1.54) is 25.7 Å². The summed E-state index contributed by atoms with van der Waals surface area (Å²) in [4.78, 5) is 42.7. The lowest BCUT2D eigenvalue weighted by molar-refractivity contribution is -0.161. The Labute approximate surface area is 315 Å². The van der Waals surface area contributed by atoms with Crippen molar-refractivity contribution >= 4 is 19.8 Å². The highest BCUT2D eigenvalue weighted by atomic mass is 31.2. The van der Waals surface area contributed by atoms with Crippen molar-refractivity contribution < 1.29 is 43.0 Å². The summed E-state index contributed by atoms with van der Waals surface area (Å²) in [6.07, 6.45) is 43.8. The fourth-order valence-corrected chi connectivity index (χ4v) is 5.39. The maximum Gasteiger partial charge on any atom is 0.469 e. The van der Waals surface area contributed by atoms with Crippen molar-refractivity contribution in [3.05, 3.63) is 72.9 Å². The third-order valence-corrected chi connectivity index (χ3v) is 8.54. The van der Waals surface area contributed by atoms with Crippen molar-refractivity contribution in [3.8, 4) is 0 Å². The molecule has 0 aromatic rings. The van der Waals surface area contributed by atoms with E-state index < -0.39 is 32.5 Å². The number of esters is 2. The number of rotatable bonds is 35. The van der Waals surface area contributed by atoms with E-state index in [4.69, 9.17) is 19.3 Å². The molecule has 0 rings (SSSR count). The largest absolute Gasteiger partial charge is 0.469 e. The molecule has 0 unspecified atom stereocenters. The molecule has 0 aliphatic heterocycles. The molecule has 2 atom stereocenters. The Balaban J connectivity index is 4.13. The van der Waals surface area contributed by atoms with Crippen LogP contribution in [0.25, 0.3) is 0 Å². The number of phosphoric acid groups is 1. The molecule has 0 spiro atoms. The van der Waals surface area contributed by atoms with Gasteiger partial charge in [-0.1, -0.05) is 145 Å². The van der Waals surface area contributed by atoms with Gasteiger partial charge in [0.05, 0.1) is 12.7 Å². The fourth-order valence-electron chi connectivity index (χ4n) is 5.03. The monoisotopic (exact) mass is 750 g/mol. The summed E-state index contributed by atoms with van der Waals surface area (Å²) in [7, 11) is -4.78. The summed E-state index contributed by atoms with van der Waals surface area (Å²) in [6, 6.07) is 0. The molecule has 0 bridgehead atoms. The number of unbranched alkanes of at least 4 members (excludes halogenated alkanes) is 12. The number of allylic oxidation sites excluding steroid dienone is 11. The Morgan fingerprint density at radius 1 is 0.596 bits per heavy atom. The number of hydrogen-bond donors (Lipinski definition) is 3. The standard InChI is InChI=1S/C42H71O9P/c1-3-5-7-8-9-10-11-12-13-14-15-18-21-24-27-31-35-41(44)49-37-40(38-50-52(46,47)48)51-42(45)36-32-28-25-22-19-16-17-20-23-26-30-34-39(43)33-29-6-4-2/h9-10,12-13,16-17,22-23,25-26,30,34,39-40,43H,3-8,11,14-15,18-21,24,27-29,31-33,35-38H2,1-2H3,(H2,46,47,48)/b10-9-,13-12-,17-16-,25-22-,26-23-,34-30+/t39-,40+/m0/s1. The average Bonchev–Trinajstić information content (AvgIpc) is 3.11. The second kappa shape index (κ2) is 36.8. The van der Waals surface area contributed by atoms with E-state index in [0.717, 1.165) is 83.5 Å². The second-order valence-corrected chi connectivity index (χ2v) is 14.3. The predicted molar refractivity (Wildman–Crippen MR) is 213 cm³/mol. The molecule has 0 aromatic heterocycles. The molecule has 298 valence electrons. The summed E-state index contributed by atoms with van der Waals surface area (Å²) in [5, 5.41) is 9.86. The molecule has 0 aliphatic rings. The van der Waals surface area contributed by atoms with Crippen molar-refractivity contribution in [1.29, 1.82) is 0 Å². The Bertz CT molecular complexity index is 1090. The molecule has 0 amide bonds. The minimum absolute atomic E-state index is 0.110. The van der Waals surface area contributed by atoms with Gasteiger partial charge in [-0.3, -0.25) is 14.1 Å². The first-order chi connectivity index (χ1) is 25.2. The summed E-state index contributed by atoms with van der Waals surface area (Å²) in [6.45, 7) is 3.46. The zero-order valence-electron chi connectivity index (χ0n) is 32.3. The minimum Gasteiger partial charge on any atom is -0.462 e. The maximum atomic E-state index is 12.4. The van der Waals surface area contributed by atoms with Gasteiger partial charge < -0.3 is 24.4 Å². The number of hydrogen-bond acceptors (Lipinski definition) is 7. The summed E-state index contributed by atoms with van der Waals surface area (Å²) >= 11 is 0. The molecular formula is C42H71O9P. The van der Waals surface area contributed by atoms with E-state index in [1.54, 1.807) is 0 Å². The van der Waals surface area contributed by atoms with E-state index in [0.29, 0.717) is 19.3 Å². The second-order valence-electron chi connectivity index (χ2n) is 13.1. The van der Waals surface area contributed by atoms with Crippen LogP contribution in [0.15, 0.2) is 72.9 Å². The van der Waals surface area contributed by atoms with Gasteiger partial charge in [-0.05, 0) is 70.6 Å².